The molecule has 0 aliphatic heterocycles. The van der Waals surface area contributed by atoms with Crippen LogP contribution in [0.4, 0.5) is 0 Å². The summed E-state index contributed by atoms with van der Waals surface area (Å²) < 4.78 is 2.14. The van der Waals surface area contributed by atoms with Gasteiger partial charge in [0.15, 0.2) is 0 Å². The van der Waals surface area contributed by atoms with E-state index in [-0.39, 0.29) is 6.04 Å². The average molecular weight is 340 g/mol. The van der Waals surface area contributed by atoms with E-state index in [0.29, 0.717) is 0 Å². The fraction of sp³-hybridized carbons (Fsp3) is 0.316. The minimum absolute atomic E-state index is 0.102. The zero-order chi connectivity index (χ0) is 18.6. The predicted molar refractivity (Wildman–Crippen MR) is 99.0 cm³/mol. The number of nitrogens with zero attached hydrogens (tertiary/aromatic N) is 2. The van der Waals surface area contributed by atoms with Crippen molar-refractivity contribution in [2.24, 2.45) is 5.10 Å². The Kier molecular flexibility index (Phi) is 5.75. The molecule has 2 amide bonds. The van der Waals surface area contributed by atoms with E-state index in [9.17, 15) is 9.59 Å². The quantitative estimate of drug-likeness (QED) is 0.509. The zero-order valence-electron chi connectivity index (χ0n) is 15.3. The molecule has 1 aromatic heterocycles. The van der Waals surface area contributed by atoms with Gasteiger partial charge in [-0.1, -0.05) is 18.2 Å². The van der Waals surface area contributed by atoms with Crippen LogP contribution in [0, 0.1) is 20.8 Å². The molecule has 0 spiro atoms. The number of carbonyl (C=O) groups is 2. The van der Waals surface area contributed by atoms with Crippen molar-refractivity contribution in [2.45, 2.75) is 40.7 Å². The van der Waals surface area contributed by atoms with E-state index in [2.05, 4.69) is 39.5 Å². The van der Waals surface area contributed by atoms with Crippen LogP contribution >= 0.6 is 0 Å². The number of para-hydroxylation sites is 1. The molecular formula is C19H24N4O2. The molecule has 6 nitrogen and oxygen atoms in total. The lowest BCUT2D eigenvalue weighted by Crippen LogP contribution is -2.41. The van der Waals surface area contributed by atoms with Crippen molar-refractivity contribution >= 4 is 18.0 Å². The zero-order valence-corrected chi connectivity index (χ0v) is 15.3. The van der Waals surface area contributed by atoms with Crippen LogP contribution < -0.4 is 10.7 Å². The smallest absolute Gasteiger partial charge is 0.329 e. The molecule has 0 saturated carbocycles. The molecule has 2 rings (SSSR count). The van der Waals surface area contributed by atoms with Crippen molar-refractivity contribution < 1.29 is 9.59 Å². The first-order chi connectivity index (χ1) is 11.8. The maximum atomic E-state index is 11.6. The second kappa shape index (κ2) is 7.79. The van der Waals surface area contributed by atoms with Gasteiger partial charge in [0.05, 0.1) is 6.21 Å². The van der Waals surface area contributed by atoms with E-state index in [0.717, 1.165) is 22.6 Å². The summed E-state index contributed by atoms with van der Waals surface area (Å²) in [5, 5.41) is 6.42. The first-order valence-electron chi connectivity index (χ1n) is 8.20. The Morgan fingerprint density at radius 2 is 1.80 bits per heavy atom. The van der Waals surface area contributed by atoms with E-state index in [4.69, 9.17) is 0 Å². The first-order valence-corrected chi connectivity index (χ1v) is 8.20. The van der Waals surface area contributed by atoms with Crippen LogP contribution in [0.5, 0.6) is 0 Å². The van der Waals surface area contributed by atoms with Crippen LogP contribution in [-0.4, -0.2) is 28.6 Å². The van der Waals surface area contributed by atoms with Gasteiger partial charge < -0.3 is 9.88 Å². The lowest BCUT2D eigenvalue weighted by atomic mass is 10.2. The van der Waals surface area contributed by atoms with Crippen LogP contribution in [0.15, 0.2) is 35.4 Å². The fourth-order valence-electron chi connectivity index (χ4n) is 2.64. The average Bonchev–Trinajstić information content (AvgIpc) is 2.81. The van der Waals surface area contributed by atoms with Gasteiger partial charge >= 0.3 is 11.8 Å². The monoisotopic (exact) mass is 340 g/mol. The minimum Gasteiger partial charge on any atom is -0.346 e. The number of hydrogen-bond donors (Lipinski definition) is 2. The molecule has 25 heavy (non-hydrogen) atoms. The number of hydrazone groups is 1. The summed E-state index contributed by atoms with van der Waals surface area (Å²) in [6.07, 6.45) is 1.55. The topological polar surface area (TPSA) is 75.5 Å². The lowest BCUT2D eigenvalue weighted by Gasteiger charge is -2.12. The van der Waals surface area contributed by atoms with Crippen molar-refractivity contribution in [1.82, 2.24) is 15.3 Å². The molecule has 0 fully saturated rings. The third-order valence-corrected chi connectivity index (χ3v) is 3.82. The fourth-order valence-corrected chi connectivity index (χ4v) is 2.64. The maximum Gasteiger partial charge on any atom is 0.329 e. The Labute approximate surface area is 147 Å². The van der Waals surface area contributed by atoms with Crippen LogP contribution in [0.2, 0.25) is 0 Å². The van der Waals surface area contributed by atoms with Gasteiger partial charge in [-0.25, -0.2) is 5.43 Å². The Hall–Kier alpha value is -2.89. The molecule has 0 radical (unpaired) electrons. The van der Waals surface area contributed by atoms with Crippen molar-refractivity contribution in [3.05, 3.63) is 52.8 Å². The number of hydrogen-bond acceptors (Lipinski definition) is 3. The Morgan fingerprint density at radius 3 is 2.44 bits per heavy atom. The first kappa shape index (κ1) is 18.4. The molecule has 132 valence electrons. The highest BCUT2D eigenvalue weighted by Gasteiger charge is 2.14. The largest absolute Gasteiger partial charge is 0.346 e. The van der Waals surface area contributed by atoms with Crippen LogP contribution in [-0.2, 0) is 9.59 Å². The number of nitrogens with one attached hydrogen (secondary N) is 2. The summed E-state index contributed by atoms with van der Waals surface area (Å²) in [5.41, 5.74) is 7.49. The number of amides is 2. The Balaban J connectivity index is 2.17. The van der Waals surface area contributed by atoms with E-state index < -0.39 is 11.8 Å². The van der Waals surface area contributed by atoms with Gasteiger partial charge in [-0.15, -0.1) is 0 Å². The van der Waals surface area contributed by atoms with Gasteiger partial charge in [0.2, 0.25) is 0 Å². The Bertz CT molecular complexity index is 819. The predicted octanol–water partition coefficient (Wildman–Crippen LogP) is 2.38. The van der Waals surface area contributed by atoms with Gasteiger partial charge in [-0.2, -0.15) is 5.10 Å². The summed E-state index contributed by atoms with van der Waals surface area (Å²) in [6.45, 7) is 9.65. The number of aryl methyl sites for hydroxylation is 2. The van der Waals surface area contributed by atoms with Gasteiger partial charge in [0, 0.05) is 28.7 Å². The summed E-state index contributed by atoms with van der Waals surface area (Å²) in [6, 6.07) is 10.0. The third kappa shape index (κ3) is 4.35. The standard InChI is InChI=1S/C19H24N4O2/c1-12(2)21-18(24)19(25)22-20-11-16-10-14(4)23(15(16)5)17-9-7-6-8-13(17)3/h6-12H,1-5H3,(H,21,24)(H,22,25)/b20-11-. The molecule has 6 heteroatoms. The molecule has 0 aliphatic rings. The van der Waals surface area contributed by atoms with E-state index >= 15 is 0 Å². The van der Waals surface area contributed by atoms with E-state index in [1.165, 1.54) is 5.56 Å². The van der Waals surface area contributed by atoms with Crippen molar-refractivity contribution in [3.63, 3.8) is 0 Å². The highest BCUT2D eigenvalue weighted by Crippen LogP contribution is 2.22. The van der Waals surface area contributed by atoms with E-state index in [1.807, 2.05) is 32.0 Å². The van der Waals surface area contributed by atoms with E-state index in [1.54, 1.807) is 20.1 Å². The van der Waals surface area contributed by atoms with Crippen LogP contribution in [0.1, 0.15) is 36.4 Å². The third-order valence-electron chi connectivity index (χ3n) is 3.82. The summed E-state index contributed by atoms with van der Waals surface area (Å²) in [4.78, 5) is 23.2. The lowest BCUT2D eigenvalue weighted by molar-refractivity contribution is -0.139. The van der Waals surface area contributed by atoms with Crippen molar-refractivity contribution in [2.75, 3.05) is 0 Å². The second-order valence-corrected chi connectivity index (χ2v) is 6.28. The molecule has 1 aromatic carbocycles. The summed E-state index contributed by atoms with van der Waals surface area (Å²) >= 11 is 0. The second-order valence-electron chi connectivity index (χ2n) is 6.28. The van der Waals surface area contributed by atoms with Crippen LogP contribution in [0.25, 0.3) is 5.69 Å². The molecule has 0 atom stereocenters. The SMILES string of the molecule is Cc1ccccc1-n1c(C)cc(/C=N\NC(=O)C(=O)NC(C)C)c1C. The molecular weight excluding hydrogens is 316 g/mol. The summed E-state index contributed by atoms with van der Waals surface area (Å²) in [5.74, 6) is -1.48. The van der Waals surface area contributed by atoms with Gasteiger partial charge in [-0.3, -0.25) is 9.59 Å². The van der Waals surface area contributed by atoms with Crippen molar-refractivity contribution in [3.8, 4) is 5.69 Å². The van der Waals surface area contributed by atoms with Gasteiger partial charge in [0.25, 0.3) is 0 Å². The van der Waals surface area contributed by atoms with Gasteiger partial charge in [0.1, 0.15) is 0 Å². The molecule has 0 saturated heterocycles. The molecule has 0 aliphatic carbocycles. The molecule has 1 heterocycles. The number of rotatable bonds is 4. The summed E-state index contributed by atoms with van der Waals surface area (Å²) in [7, 11) is 0. The van der Waals surface area contributed by atoms with Crippen molar-refractivity contribution in [1.29, 1.82) is 0 Å². The Morgan fingerprint density at radius 1 is 1.12 bits per heavy atom. The molecule has 0 unspecified atom stereocenters. The molecule has 0 bridgehead atoms. The number of carbonyl (C=O) groups excluding carboxylic acids is 2. The number of aromatic nitrogens is 1. The minimum atomic E-state index is -0.780. The normalized spacial score (nSPS) is 11.1. The molecule has 2 N–H and O–H groups in total. The van der Waals surface area contributed by atoms with Gasteiger partial charge in [-0.05, 0) is 52.3 Å². The maximum absolute atomic E-state index is 11.6. The highest BCUT2D eigenvalue weighted by atomic mass is 16.2. The van der Waals surface area contributed by atoms with Crippen LogP contribution in [0.3, 0.4) is 0 Å². The number of benzene rings is 1. The molecule has 2 aromatic rings. The highest BCUT2D eigenvalue weighted by molar-refractivity contribution is 6.35.